The molecule has 162 valence electrons. The van der Waals surface area contributed by atoms with Crippen LogP contribution in [0.5, 0.6) is 5.88 Å². The molecule has 3 rings (SSSR count). The third-order valence-electron chi connectivity index (χ3n) is 5.58. The predicted molar refractivity (Wildman–Crippen MR) is 103 cm³/mol. The molecule has 1 aromatic carbocycles. The van der Waals surface area contributed by atoms with E-state index >= 15 is 0 Å². The molecule has 1 saturated carbocycles. The van der Waals surface area contributed by atoms with E-state index in [9.17, 15) is 27.5 Å². The fourth-order valence-corrected chi connectivity index (χ4v) is 3.81. The number of carbonyl (C=O) groups is 1. The van der Waals surface area contributed by atoms with Gasteiger partial charge in [-0.3, -0.25) is 0 Å². The Hall–Kier alpha value is -2.64. The fraction of sp³-hybridized carbons (Fsp3) is 0.455. The number of hydrogen-bond donors (Lipinski definition) is 1. The van der Waals surface area contributed by atoms with Gasteiger partial charge in [0.1, 0.15) is 17.5 Å². The van der Waals surface area contributed by atoms with Gasteiger partial charge in [0.15, 0.2) is 0 Å². The number of carboxylic acids is 1. The van der Waals surface area contributed by atoms with Crippen LogP contribution >= 0.6 is 0 Å². The average molecular weight is 425 g/mol. The standard InChI is InChI=1S/C22H23F4NO3/c1-12-8-9-15(10-17(12)23)18-11-16(22(24,25)26)19(21(28)29)20(27-18)30-13(2)14-6-4-3-5-7-14/h8-11,13-14H,3-7H2,1-2H3,(H,28,29). The zero-order chi connectivity index (χ0) is 22.1. The molecule has 1 aliphatic rings. The van der Waals surface area contributed by atoms with Gasteiger partial charge in [-0.25, -0.2) is 14.2 Å². The van der Waals surface area contributed by atoms with Crippen molar-refractivity contribution in [2.75, 3.05) is 0 Å². The van der Waals surface area contributed by atoms with Crippen molar-refractivity contribution in [3.05, 3.63) is 46.8 Å². The van der Waals surface area contributed by atoms with Crippen molar-refractivity contribution < 1.29 is 32.2 Å². The Bertz CT molecular complexity index is 937. The second kappa shape index (κ2) is 8.62. The first-order chi connectivity index (χ1) is 14.1. The summed E-state index contributed by atoms with van der Waals surface area (Å²) in [5.74, 6) is -2.85. The molecule has 0 saturated heterocycles. The number of ether oxygens (including phenoxy) is 1. The number of rotatable bonds is 5. The lowest BCUT2D eigenvalue weighted by Crippen LogP contribution is -2.27. The first kappa shape index (κ1) is 22.1. The summed E-state index contributed by atoms with van der Waals surface area (Å²) in [6, 6.07) is 4.57. The van der Waals surface area contributed by atoms with Gasteiger partial charge >= 0.3 is 12.1 Å². The summed E-state index contributed by atoms with van der Waals surface area (Å²) in [7, 11) is 0. The van der Waals surface area contributed by atoms with E-state index in [1.54, 1.807) is 6.92 Å². The Balaban J connectivity index is 2.12. The van der Waals surface area contributed by atoms with Crippen LogP contribution in [0, 0.1) is 18.7 Å². The van der Waals surface area contributed by atoms with Gasteiger partial charge in [0.25, 0.3) is 0 Å². The van der Waals surface area contributed by atoms with Crippen molar-refractivity contribution >= 4 is 5.97 Å². The van der Waals surface area contributed by atoms with E-state index < -0.39 is 41.1 Å². The van der Waals surface area contributed by atoms with Crippen LogP contribution in [0.25, 0.3) is 11.3 Å². The largest absolute Gasteiger partial charge is 0.477 e. The highest BCUT2D eigenvalue weighted by Gasteiger charge is 2.39. The van der Waals surface area contributed by atoms with Crippen LogP contribution in [0.3, 0.4) is 0 Å². The van der Waals surface area contributed by atoms with E-state index in [0.29, 0.717) is 11.6 Å². The predicted octanol–water partition coefficient (Wildman–Crippen LogP) is 6.26. The second-order valence-electron chi connectivity index (χ2n) is 7.72. The normalized spacial score (nSPS) is 16.3. The van der Waals surface area contributed by atoms with E-state index in [0.717, 1.165) is 38.2 Å². The van der Waals surface area contributed by atoms with Gasteiger partial charge in [0.2, 0.25) is 5.88 Å². The van der Waals surface area contributed by atoms with Crippen LogP contribution < -0.4 is 4.74 Å². The minimum Gasteiger partial charge on any atom is -0.477 e. The van der Waals surface area contributed by atoms with Gasteiger partial charge in [-0.15, -0.1) is 0 Å². The van der Waals surface area contributed by atoms with Gasteiger partial charge in [-0.2, -0.15) is 13.2 Å². The van der Waals surface area contributed by atoms with E-state index in [-0.39, 0.29) is 17.2 Å². The van der Waals surface area contributed by atoms with Crippen LogP contribution in [0.2, 0.25) is 0 Å². The third-order valence-corrected chi connectivity index (χ3v) is 5.58. The van der Waals surface area contributed by atoms with E-state index in [4.69, 9.17) is 4.74 Å². The third kappa shape index (κ3) is 4.74. The summed E-state index contributed by atoms with van der Waals surface area (Å²) >= 11 is 0. The maximum absolute atomic E-state index is 14.0. The monoisotopic (exact) mass is 425 g/mol. The molecule has 0 aliphatic heterocycles. The molecule has 1 fully saturated rings. The molecular formula is C22H23F4NO3. The number of benzene rings is 1. The van der Waals surface area contributed by atoms with Crippen molar-refractivity contribution in [2.24, 2.45) is 5.92 Å². The van der Waals surface area contributed by atoms with Crippen LogP contribution in [0.15, 0.2) is 24.3 Å². The van der Waals surface area contributed by atoms with Crippen LogP contribution in [0.4, 0.5) is 17.6 Å². The highest BCUT2D eigenvalue weighted by molar-refractivity contribution is 5.93. The SMILES string of the molecule is Cc1ccc(-c2cc(C(F)(F)F)c(C(=O)O)c(OC(C)C3CCCCC3)n2)cc1F. The number of alkyl halides is 3. The van der Waals surface area contributed by atoms with Crippen LogP contribution in [-0.4, -0.2) is 22.2 Å². The van der Waals surface area contributed by atoms with Gasteiger partial charge in [-0.1, -0.05) is 31.4 Å². The van der Waals surface area contributed by atoms with Gasteiger partial charge in [0.05, 0.1) is 11.3 Å². The number of carboxylic acid groups (broad SMARTS) is 1. The van der Waals surface area contributed by atoms with Gasteiger partial charge < -0.3 is 9.84 Å². The molecule has 1 unspecified atom stereocenters. The van der Waals surface area contributed by atoms with E-state index in [1.165, 1.54) is 19.1 Å². The molecule has 4 nitrogen and oxygen atoms in total. The topological polar surface area (TPSA) is 59.4 Å². The summed E-state index contributed by atoms with van der Waals surface area (Å²) < 4.78 is 60.8. The number of pyridine rings is 1. The molecule has 0 bridgehead atoms. The van der Waals surface area contributed by atoms with Crippen molar-refractivity contribution in [1.82, 2.24) is 4.98 Å². The lowest BCUT2D eigenvalue weighted by molar-refractivity contribution is -0.138. The minimum absolute atomic E-state index is 0.107. The summed E-state index contributed by atoms with van der Waals surface area (Å²) in [5, 5.41) is 9.50. The number of nitrogens with zero attached hydrogens (tertiary/aromatic N) is 1. The maximum atomic E-state index is 14.0. The molecule has 8 heteroatoms. The van der Waals surface area contributed by atoms with Crippen molar-refractivity contribution in [2.45, 2.75) is 58.2 Å². The van der Waals surface area contributed by atoms with Crippen molar-refractivity contribution in [3.8, 4) is 17.1 Å². The Morgan fingerprint density at radius 3 is 2.43 bits per heavy atom. The number of hydrogen-bond acceptors (Lipinski definition) is 3. The molecule has 0 amide bonds. The fourth-order valence-electron chi connectivity index (χ4n) is 3.81. The van der Waals surface area contributed by atoms with Gasteiger partial charge in [0, 0.05) is 5.56 Å². The maximum Gasteiger partial charge on any atom is 0.417 e. The zero-order valence-corrected chi connectivity index (χ0v) is 16.7. The highest BCUT2D eigenvalue weighted by Crippen LogP contribution is 2.39. The molecule has 2 aromatic rings. The molecule has 1 aliphatic carbocycles. The molecule has 0 radical (unpaired) electrons. The second-order valence-corrected chi connectivity index (χ2v) is 7.72. The van der Waals surface area contributed by atoms with E-state index in [2.05, 4.69) is 4.98 Å². The summed E-state index contributed by atoms with van der Waals surface area (Å²) in [5.41, 5.74) is -2.15. The number of aryl methyl sites for hydroxylation is 1. The number of halogens is 4. The molecule has 1 N–H and O–H groups in total. The zero-order valence-electron chi connectivity index (χ0n) is 16.7. The van der Waals surface area contributed by atoms with Gasteiger partial charge in [-0.05, 0) is 50.3 Å². The van der Waals surface area contributed by atoms with Crippen molar-refractivity contribution in [1.29, 1.82) is 0 Å². The Kier molecular flexibility index (Phi) is 6.33. The summed E-state index contributed by atoms with van der Waals surface area (Å²) in [6.07, 6.45) is -0.642. The summed E-state index contributed by atoms with van der Waals surface area (Å²) in [4.78, 5) is 15.8. The first-order valence-electron chi connectivity index (χ1n) is 9.86. The summed E-state index contributed by atoms with van der Waals surface area (Å²) in [6.45, 7) is 3.25. The molecule has 1 heterocycles. The molecule has 30 heavy (non-hydrogen) atoms. The Morgan fingerprint density at radius 1 is 1.20 bits per heavy atom. The minimum atomic E-state index is -4.94. The lowest BCUT2D eigenvalue weighted by Gasteiger charge is -2.28. The quantitative estimate of drug-likeness (QED) is 0.575. The highest BCUT2D eigenvalue weighted by atomic mass is 19.4. The van der Waals surface area contributed by atoms with Crippen molar-refractivity contribution in [3.63, 3.8) is 0 Å². The smallest absolute Gasteiger partial charge is 0.417 e. The molecule has 1 aromatic heterocycles. The molecular weight excluding hydrogens is 402 g/mol. The Morgan fingerprint density at radius 2 is 1.87 bits per heavy atom. The van der Waals surface area contributed by atoms with Crippen LogP contribution in [-0.2, 0) is 6.18 Å². The van der Waals surface area contributed by atoms with E-state index in [1.807, 2.05) is 0 Å². The lowest BCUT2D eigenvalue weighted by atomic mass is 9.86. The molecule has 1 atom stereocenters. The average Bonchev–Trinajstić information content (AvgIpc) is 2.69. The molecule has 0 spiro atoms. The number of aromatic nitrogens is 1. The first-order valence-corrected chi connectivity index (χ1v) is 9.86. The number of aromatic carboxylic acids is 1. The Labute approximate surface area is 171 Å². The van der Waals surface area contributed by atoms with Crippen LogP contribution in [0.1, 0.15) is 60.5 Å².